The van der Waals surface area contributed by atoms with Crippen molar-refractivity contribution in [3.63, 3.8) is 0 Å². The standard InChI is InChI=1S/C9H19NO4S/c1-5-7(2)8(10)14-9(3,4)6-15(11,12)13/h7,10H,5-6H2,1-4H3,(H,11,12,13). The molecule has 2 N–H and O–H groups in total. The molecular weight excluding hydrogens is 218 g/mol. The summed E-state index contributed by atoms with van der Waals surface area (Å²) < 4.78 is 35.2. The Morgan fingerprint density at radius 3 is 2.33 bits per heavy atom. The van der Waals surface area contributed by atoms with Gasteiger partial charge in [-0.1, -0.05) is 13.8 Å². The van der Waals surface area contributed by atoms with Gasteiger partial charge >= 0.3 is 0 Å². The van der Waals surface area contributed by atoms with Crippen molar-refractivity contribution in [1.29, 1.82) is 5.41 Å². The van der Waals surface area contributed by atoms with E-state index >= 15 is 0 Å². The Kier molecular flexibility index (Phi) is 4.73. The van der Waals surface area contributed by atoms with Gasteiger partial charge in [-0.05, 0) is 20.3 Å². The van der Waals surface area contributed by atoms with Crippen LogP contribution in [-0.4, -0.2) is 30.2 Å². The third kappa shape index (κ3) is 6.46. The Morgan fingerprint density at radius 1 is 1.53 bits per heavy atom. The van der Waals surface area contributed by atoms with Crippen LogP contribution in [0.5, 0.6) is 0 Å². The molecule has 0 aliphatic rings. The first-order chi connectivity index (χ1) is 6.57. The van der Waals surface area contributed by atoms with E-state index in [-0.39, 0.29) is 11.8 Å². The molecular formula is C9H19NO4S. The first-order valence-electron chi connectivity index (χ1n) is 4.80. The van der Waals surface area contributed by atoms with Gasteiger partial charge in [0.1, 0.15) is 11.4 Å². The third-order valence-electron chi connectivity index (χ3n) is 1.98. The zero-order valence-corrected chi connectivity index (χ0v) is 10.4. The molecule has 0 spiro atoms. The maximum atomic E-state index is 10.7. The summed E-state index contributed by atoms with van der Waals surface area (Å²) in [5, 5.41) is 7.56. The van der Waals surface area contributed by atoms with Gasteiger partial charge in [-0.25, -0.2) is 0 Å². The maximum Gasteiger partial charge on any atom is 0.268 e. The van der Waals surface area contributed by atoms with Crippen molar-refractivity contribution in [3.8, 4) is 0 Å². The molecule has 0 saturated carbocycles. The average Bonchev–Trinajstić information content (AvgIpc) is 1.96. The normalized spacial score (nSPS) is 14.7. The molecule has 0 rings (SSSR count). The molecule has 0 fully saturated rings. The second-order valence-corrected chi connectivity index (χ2v) is 5.71. The minimum Gasteiger partial charge on any atom is -0.474 e. The number of hydrogen-bond acceptors (Lipinski definition) is 4. The quantitative estimate of drug-likeness (QED) is 0.433. The molecule has 5 nitrogen and oxygen atoms in total. The molecule has 0 amide bonds. The monoisotopic (exact) mass is 237 g/mol. The van der Waals surface area contributed by atoms with Gasteiger partial charge in [-0.3, -0.25) is 9.96 Å². The lowest BCUT2D eigenvalue weighted by molar-refractivity contribution is 0.105. The summed E-state index contributed by atoms with van der Waals surface area (Å²) in [7, 11) is -4.08. The van der Waals surface area contributed by atoms with Crippen molar-refractivity contribution in [1.82, 2.24) is 0 Å². The van der Waals surface area contributed by atoms with Gasteiger partial charge in [0.15, 0.2) is 5.90 Å². The fourth-order valence-electron chi connectivity index (χ4n) is 1.05. The van der Waals surface area contributed by atoms with Crippen molar-refractivity contribution in [2.75, 3.05) is 5.75 Å². The van der Waals surface area contributed by atoms with Gasteiger partial charge in [0, 0.05) is 5.92 Å². The van der Waals surface area contributed by atoms with Crippen molar-refractivity contribution < 1.29 is 17.7 Å². The molecule has 0 radical (unpaired) electrons. The molecule has 6 heteroatoms. The lowest BCUT2D eigenvalue weighted by atomic mass is 10.1. The van der Waals surface area contributed by atoms with Gasteiger partial charge in [0.2, 0.25) is 0 Å². The van der Waals surface area contributed by atoms with Crippen LogP contribution in [0.3, 0.4) is 0 Å². The molecule has 0 aromatic heterocycles. The number of nitrogens with one attached hydrogen (secondary N) is 1. The topological polar surface area (TPSA) is 87.5 Å². The van der Waals surface area contributed by atoms with Gasteiger partial charge in [-0.15, -0.1) is 0 Å². The molecule has 15 heavy (non-hydrogen) atoms. The summed E-state index contributed by atoms with van der Waals surface area (Å²) in [6, 6.07) is 0. The second kappa shape index (κ2) is 4.94. The summed E-state index contributed by atoms with van der Waals surface area (Å²) in [6.45, 7) is 6.79. The van der Waals surface area contributed by atoms with E-state index in [4.69, 9.17) is 14.7 Å². The van der Waals surface area contributed by atoms with E-state index in [0.29, 0.717) is 0 Å². The van der Waals surface area contributed by atoms with Crippen molar-refractivity contribution in [2.45, 2.75) is 39.7 Å². The van der Waals surface area contributed by atoms with Crippen LogP contribution < -0.4 is 0 Å². The highest BCUT2D eigenvalue weighted by Gasteiger charge is 2.28. The highest BCUT2D eigenvalue weighted by molar-refractivity contribution is 7.85. The predicted molar refractivity (Wildman–Crippen MR) is 58.8 cm³/mol. The molecule has 0 aliphatic heterocycles. The summed E-state index contributed by atoms with van der Waals surface area (Å²) in [4.78, 5) is 0. The van der Waals surface area contributed by atoms with Gasteiger partial charge in [0.05, 0.1) is 0 Å². The van der Waals surface area contributed by atoms with Crippen LogP contribution in [0.4, 0.5) is 0 Å². The molecule has 0 aromatic carbocycles. The van der Waals surface area contributed by atoms with Crippen molar-refractivity contribution >= 4 is 16.0 Å². The van der Waals surface area contributed by atoms with E-state index in [0.717, 1.165) is 6.42 Å². The summed E-state index contributed by atoms with van der Waals surface area (Å²) in [5.41, 5.74) is -1.08. The summed E-state index contributed by atoms with van der Waals surface area (Å²) >= 11 is 0. The Bertz CT molecular complexity index is 321. The van der Waals surface area contributed by atoms with E-state index in [1.807, 2.05) is 13.8 Å². The first kappa shape index (κ1) is 14.4. The second-order valence-electron chi connectivity index (χ2n) is 4.26. The van der Waals surface area contributed by atoms with E-state index < -0.39 is 21.5 Å². The smallest absolute Gasteiger partial charge is 0.268 e. The molecule has 1 unspecified atom stereocenters. The predicted octanol–water partition coefficient (Wildman–Crippen LogP) is 1.69. The lowest BCUT2D eigenvalue weighted by Gasteiger charge is -2.26. The van der Waals surface area contributed by atoms with Crippen LogP contribution in [0.1, 0.15) is 34.1 Å². The Hall–Kier alpha value is -0.620. The van der Waals surface area contributed by atoms with Crippen LogP contribution in [0, 0.1) is 11.3 Å². The zero-order chi connectivity index (χ0) is 12.3. The fourth-order valence-corrected chi connectivity index (χ4v) is 1.99. The van der Waals surface area contributed by atoms with Crippen molar-refractivity contribution in [2.24, 2.45) is 5.92 Å². The number of rotatable bonds is 5. The highest BCUT2D eigenvalue weighted by atomic mass is 32.2. The van der Waals surface area contributed by atoms with Crippen LogP contribution in [0.15, 0.2) is 0 Å². The molecule has 0 bridgehead atoms. The summed E-state index contributed by atoms with van der Waals surface area (Å²) in [6.07, 6.45) is 0.751. The number of hydrogen-bond donors (Lipinski definition) is 2. The third-order valence-corrected chi connectivity index (χ3v) is 3.04. The Balaban J connectivity index is 4.45. The van der Waals surface area contributed by atoms with E-state index in [1.54, 1.807) is 0 Å². The van der Waals surface area contributed by atoms with Crippen LogP contribution >= 0.6 is 0 Å². The van der Waals surface area contributed by atoms with E-state index in [2.05, 4.69) is 0 Å². The van der Waals surface area contributed by atoms with Gasteiger partial charge < -0.3 is 4.74 Å². The van der Waals surface area contributed by atoms with E-state index in [9.17, 15) is 8.42 Å². The fraction of sp³-hybridized carbons (Fsp3) is 0.889. The zero-order valence-electron chi connectivity index (χ0n) is 9.57. The molecule has 90 valence electrons. The largest absolute Gasteiger partial charge is 0.474 e. The molecule has 0 aromatic rings. The van der Waals surface area contributed by atoms with Gasteiger partial charge in [-0.2, -0.15) is 8.42 Å². The van der Waals surface area contributed by atoms with Crippen LogP contribution in [0.25, 0.3) is 0 Å². The maximum absolute atomic E-state index is 10.7. The summed E-state index contributed by atoms with van der Waals surface area (Å²) in [5.74, 6) is -0.518. The molecule has 0 heterocycles. The molecule has 1 atom stereocenters. The Morgan fingerprint density at radius 2 is 2.00 bits per heavy atom. The SMILES string of the molecule is CCC(C)C(=N)OC(C)(C)CS(=O)(=O)O. The minimum atomic E-state index is -4.08. The highest BCUT2D eigenvalue weighted by Crippen LogP contribution is 2.16. The molecule has 0 saturated heterocycles. The first-order valence-corrected chi connectivity index (χ1v) is 6.41. The van der Waals surface area contributed by atoms with Gasteiger partial charge in [0.25, 0.3) is 10.1 Å². The lowest BCUT2D eigenvalue weighted by Crippen LogP contribution is -2.37. The minimum absolute atomic E-state index is 0.0474. The van der Waals surface area contributed by atoms with Crippen molar-refractivity contribution in [3.05, 3.63) is 0 Å². The Labute approximate surface area is 91.1 Å². The van der Waals surface area contributed by atoms with E-state index in [1.165, 1.54) is 13.8 Å². The number of ether oxygens (including phenoxy) is 1. The van der Waals surface area contributed by atoms with Crippen LogP contribution in [-0.2, 0) is 14.9 Å². The average molecular weight is 237 g/mol. The molecule has 0 aliphatic carbocycles. The van der Waals surface area contributed by atoms with Crippen LogP contribution in [0.2, 0.25) is 0 Å².